The van der Waals surface area contributed by atoms with Crippen LogP contribution in [0.25, 0.3) is 11.0 Å². The molecule has 80 valence electrons. The van der Waals surface area contributed by atoms with Crippen LogP contribution in [0.3, 0.4) is 0 Å². The molecule has 0 fully saturated rings. The van der Waals surface area contributed by atoms with Crippen molar-refractivity contribution in [3.63, 3.8) is 0 Å². The summed E-state index contributed by atoms with van der Waals surface area (Å²) in [6.07, 6.45) is 0.990. The van der Waals surface area contributed by atoms with Gasteiger partial charge in [-0.25, -0.2) is 4.98 Å². The SMILES string of the molecule is ClCCCSc1nc2ccc(Cl)cc2[nH]1. The Morgan fingerprint density at radius 1 is 1.40 bits per heavy atom. The number of hydrogen-bond acceptors (Lipinski definition) is 2. The number of benzene rings is 1. The molecule has 0 radical (unpaired) electrons. The Kier molecular flexibility index (Phi) is 3.78. The van der Waals surface area contributed by atoms with Crippen molar-refractivity contribution in [3.05, 3.63) is 23.2 Å². The Bertz CT molecular complexity index is 456. The fourth-order valence-electron chi connectivity index (χ4n) is 1.25. The second-order valence-electron chi connectivity index (χ2n) is 3.09. The minimum atomic E-state index is 0.694. The van der Waals surface area contributed by atoms with Gasteiger partial charge in [-0.15, -0.1) is 11.6 Å². The maximum absolute atomic E-state index is 5.88. The number of aromatic amines is 1. The minimum absolute atomic E-state index is 0.694. The predicted molar refractivity (Wildman–Crippen MR) is 67.2 cm³/mol. The molecule has 1 heterocycles. The molecule has 2 aromatic rings. The standard InChI is InChI=1S/C10H10Cl2N2S/c11-4-1-5-15-10-13-8-3-2-7(12)6-9(8)14-10/h2-3,6H,1,4-5H2,(H,13,14). The Morgan fingerprint density at radius 2 is 2.27 bits per heavy atom. The van der Waals surface area contributed by atoms with Gasteiger partial charge in [0.1, 0.15) is 0 Å². The van der Waals surface area contributed by atoms with Crippen LogP contribution < -0.4 is 0 Å². The summed E-state index contributed by atoms with van der Waals surface area (Å²) in [6, 6.07) is 5.65. The molecule has 2 nitrogen and oxygen atoms in total. The number of fused-ring (bicyclic) bond motifs is 1. The zero-order chi connectivity index (χ0) is 10.7. The van der Waals surface area contributed by atoms with Crippen molar-refractivity contribution in [1.29, 1.82) is 0 Å². The fraction of sp³-hybridized carbons (Fsp3) is 0.300. The van der Waals surface area contributed by atoms with Gasteiger partial charge in [0, 0.05) is 16.7 Å². The highest BCUT2D eigenvalue weighted by Crippen LogP contribution is 2.22. The van der Waals surface area contributed by atoms with E-state index in [1.807, 2.05) is 18.2 Å². The first kappa shape index (κ1) is 11.1. The molecule has 0 atom stereocenters. The summed E-state index contributed by atoms with van der Waals surface area (Å²) in [5.74, 6) is 1.68. The molecule has 5 heteroatoms. The van der Waals surface area contributed by atoms with Gasteiger partial charge in [-0.3, -0.25) is 0 Å². The lowest BCUT2D eigenvalue weighted by Crippen LogP contribution is -1.81. The molecule has 0 saturated heterocycles. The third kappa shape index (κ3) is 2.80. The lowest BCUT2D eigenvalue weighted by molar-refractivity contribution is 1.06. The van der Waals surface area contributed by atoms with Crippen molar-refractivity contribution in [2.45, 2.75) is 11.6 Å². The van der Waals surface area contributed by atoms with E-state index in [2.05, 4.69) is 9.97 Å². The number of halogens is 2. The number of H-pyrrole nitrogens is 1. The maximum atomic E-state index is 5.88. The maximum Gasteiger partial charge on any atom is 0.166 e. The highest BCUT2D eigenvalue weighted by Gasteiger charge is 2.03. The lowest BCUT2D eigenvalue weighted by atomic mass is 10.3. The van der Waals surface area contributed by atoms with E-state index in [0.717, 1.165) is 33.4 Å². The van der Waals surface area contributed by atoms with Crippen molar-refractivity contribution < 1.29 is 0 Å². The summed E-state index contributed by atoms with van der Waals surface area (Å²) >= 11 is 13.2. The van der Waals surface area contributed by atoms with Crippen LogP contribution >= 0.6 is 35.0 Å². The molecule has 0 aliphatic heterocycles. The molecule has 0 aliphatic carbocycles. The number of nitrogens with one attached hydrogen (secondary N) is 1. The van der Waals surface area contributed by atoms with Crippen LogP contribution in [0.4, 0.5) is 0 Å². The van der Waals surface area contributed by atoms with Crippen molar-refractivity contribution in [2.75, 3.05) is 11.6 Å². The summed E-state index contributed by atoms with van der Waals surface area (Å²) in [5.41, 5.74) is 1.93. The average Bonchev–Trinajstić information content (AvgIpc) is 2.60. The predicted octanol–water partition coefficient (Wildman–Crippen LogP) is 3.94. The number of hydrogen-bond donors (Lipinski definition) is 1. The number of imidazole rings is 1. The topological polar surface area (TPSA) is 28.7 Å². The highest BCUT2D eigenvalue weighted by molar-refractivity contribution is 7.99. The first-order chi connectivity index (χ1) is 7.29. The van der Waals surface area contributed by atoms with Gasteiger partial charge in [0.05, 0.1) is 11.0 Å². The van der Waals surface area contributed by atoms with Crippen molar-refractivity contribution in [1.82, 2.24) is 9.97 Å². The Morgan fingerprint density at radius 3 is 3.07 bits per heavy atom. The van der Waals surface area contributed by atoms with Crippen molar-refractivity contribution in [2.24, 2.45) is 0 Å². The second kappa shape index (κ2) is 5.10. The van der Waals surface area contributed by atoms with Gasteiger partial charge in [0.15, 0.2) is 5.16 Å². The molecule has 15 heavy (non-hydrogen) atoms. The molecule has 2 rings (SSSR count). The lowest BCUT2D eigenvalue weighted by Gasteiger charge is -1.92. The number of alkyl halides is 1. The molecular formula is C10H10Cl2N2S. The largest absolute Gasteiger partial charge is 0.333 e. The molecule has 0 unspecified atom stereocenters. The van der Waals surface area contributed by atoms with Gasteiger partial charge < -0.3 is 4.98 Å². The monoisotopic (exact) mass is 260 g/mol. The van der Waals surface area contributed by atoms with Crippen LogP contribution in [-0.2, 0) is 0 Å². The molecule has 0 amide bonds. The summed E-state index contributed by atoms with van der Waals surface area (Å²) in [6.45, 7) is 0. The number of rotatable bonds is 4. The number of nitrogens with zero attached hydrogens (tertiary/aromatic N) is 1. The summed E-state index contributed by atoms with van der Waals surface area (Å²) < 4.78 is 0. The minimum Gasteiger partial charge on any atom is -0.333 e. The third-order valence-electron chi connectivity index (χ3n) is 1.94. The van der Waals surface area contributed by atoms with Gasteiger partial charge >= 0.3 is 0 Å². The average molecular weight is 261 g/mol. The van der Waals surface area contributed by atoms with E-state index in [1.165, 1.54) is 0 Å². The van der Waals surface area contributed by atoms with E-state index in [4.69, 9.17) is 23.2 Å². The molecule has 0 spiro atoms. The van der Waals surface area contributed by atoms with Crippen LogP contribution in [0.15, 0.2) is 23.4 Å². The second-order valence-corrected chi connectivity index (χ2v) is 4.99. The van der Waals surface area contributed by atoms with E-state index in [9.17, 15) is 0 Å². The molecule has 1 aromatic heterocycles. The van der Waals surface area contributed by atoms with E-state index in [1.54, 1.807) is 11.8 Å². The van der Waals surface area contributed by atoms with Crippen LogP contribution in [0.2, 0.25) is 5.02 Å². The van der Waals surface area contributed by atoms with Crippen LogP contribution in [0.1, 0.15) is 6.42 Å². The van der Waals surface area contributed by atoms with Gasteiger partial charge in [-0.1, -0.05) is 23.4 Å². The zero-order valence-electron chi connectivity index (χ0n) is 7.96. The van der Waals surface area contributed by atoms with Crippen molar-refractivity contribution in [3.8, 4) is 0 Å². The summed E-state index contributed by atoms with van der Waals surface area (Å²) in [4.78, 5) is 7.65. The summed E-state index contributed by atoms with van der Waals surface area (Å²) in [5, 5.41) is 1.65. The Balaban J connectivity index is 2.16. The van der Waals surface area contributed by atoms with Gasteiger partial charge in [0.2, 0.25) is 0 Å². The van der Waals surface area contributed by atoms with E-state index in [-0.39, 0.29) is 0 Å². The molecule has 0 aliphatic rings. The molecule has 1 N–H and O–H groups in total. The molecular weight excluding hydrogens is 251 g/mol. The molecule has 0 saturated carbocycles. The quantitative estimate of drug-likeness (QED) is 0.513. The third-order valence-corrected chi connectivity index (χ3v) is 3.40. The van der Waals surface area contributed by atoms with Crippen LogP contribution in [-0.4, -0.2) is 21.6 Å². The first-order valence-corrected chi connectivity index (χ1v) is 6.53. The first-order valence-electron chi connectivity index (χ1n) is 4.63. The summed E-state index contributed by atoms with van der Waals surface area (Å²) in [7, 11) is 0. The Hall–Kier alpha value is -0.380. The molecule has 0 bridgehead atoms. The smallest absolute Gasteiger partial charge is 0.166 e. The Labute approximate surface area is 102 Å². The van der Waals surface area contributed by atoms with Gasteiger partial charge in [-0.05, 0) is 24.6 Å². The molecule has 1 aromatic carbocycles. The van der Waals surface area contributed by atoms with E-state index < -0.39 is 0 Å². The number of thioether (sulfide) groups is 1. The van der Waals surface area contributed by atoms with Crippen molar-refractivity contribution >= 4 is 46.0 Å². The normalized spacial score (nSPS) is 11.1. The van der Waals surface area contributed by atoms with Gasteiger partial charge in [-0.2, -0.15) is 0 Å². The van der Waals surface area contributed by atoms with E-state index >= 15 is 0 Å². The highest BCUT2D eigenvalue weighted by atomic mass is 35.5. The fourth-order valence-corrected chi connectivity index (χ4v) is 2.54. The van der Waals surface area contributed by atoms with Crippen LogP contribution in [0, 0.1) is 0 Å². The van der Waals surface area contributed by atoms with Crippen LogP contribution in [0.5, 0.6) is 0 Å². The van der Waals surface area contributed by atoms with E-state index in [0.29, 0.717) is 5.88 Å². The number of aromatic nitrogens is 2. The van der Waals surface area contributed by atoms with Gasteiger partial charge in [0.25, 0.3) is 0 Å². The zero-order valence-corrected chi connectivity index (χ0v) is 10.3.